The number of carbonyl (C=O) groups is 1. The summed E-state index contributed by atoms with van der Waals surface area (Å²) in [5.74, 6) is -0.385. The van der Waals surface area contributed by atoms with E-state index in [0.717, 1.165) is 0 Å². The average Bonchev–Trinajstić information content (AvgIpc) is 2.55. The van der Waals surface area contributed by atoms with E-state index in [0.29, 0.717) is 13.2 Å². The molecular weight excluding hydrogens is 162 g/mol. The van der Waals surface area contributed by atoms with Crippen LogP contribution in [0.25, 0.3) is 0 Å². The zero-order valence-corrected chi connectivity index (χ0v) is 7.49. The van der Waals surface area contributed by atoms with E-state index >= 15 is 0 Å². The molecule has 0 aromatic heterocycles. The van der Waals surface area contributed by atoms with Crippen molar-refractivity contribution in [1.29, 1.82) is 0 Å². The van der Waals surface area contributed by atoms with E-state index in [9.17, 15) is 4.79 Å². The molecule has 0 amide bonds. The highest BCUT2D eigenvalue weighted by molar-refractivity contribution is 5.79. The average molecular weight is 175 g/mol. The Morgan fingerprint density at radius 2 is 1.92 bits per heavy atom. The molecule has 1 rings (SSSR count). The second-order valence-electron chi connectivity index (χ2n) is 2.97. The molecule has 70 valence electrons. The number of nitrogens with zero attached hydrogens (tertiary/aromatic N) is 1. The Morgan fingerprint density at radius 1 is 1.42 bits per heavy atom. The van der Waals surface area contributed by atoms with Crippen LogP contribution in [-0.2, 0) is 19.2 Å². The quantitative estimate of drug-likeness (QED) is 0.558. The molecule has 1 heterocycles. The van der Waals surface area contributed by atoms with Crippen molar-refractivity contribution in [2.45, 2.75) is 19.4 Å². The van der Waals surface area contributed by atoms with Gasteiger partial charge in [0.1, 0.15) is 0 Å². The van der Waals surface area contributed by atoms with Crippen molar-refractivity contribution >= 4 is 5.97 Å². The third-order valence-electron chi connectivity index (χ3n) is 1.64. The summed E-state index contributed by atoms with van der Waals surface area (Å²) in [5.41, 5.74) is -0.884. The summed E-state index contributed by atoms with van der Waals surface area (Å²) in [4.78, 5) is 21.3. The molecule has 0 radical (unpaired) electrons. The molecule has 0 bridgehead atoms. The second kappa shape index (κ2) is 3.38. The molecule has 5 heteroatoms. The number of carbonyl (C=O) groups excluding carboxylic acids is 1. The molecule has 0 aliphatic carbocycles. The normalized spacial score (nSPS) is 19.6. The smallest absolute Gasteiger partial charge is 0.330 e. The Hall–Kier alpha value is -0.650. The van der Waals surface area contributed by atoms with E-state index in [1.165, 1.54) is 12.3 Å². The van der Waals surface area contributed by atoms with Crippen molar-refractivity contribution in [1.82, 2.24) is 5.23 Å². The van der Waals surface area contributed by atoms with Crippen LogP contribution in [0.5, 0.6) is 0 Å². The molecule has 0 aromatic carbocycles. The number of hydroxylamine groups is 2. The number of rotatable bonds is 2. The highest BCUT2D eigenvalue weighted by Crippen LogP contribution is 2.19. The molecule has 1 fully saturated rings. The van der Waals surface area contributed by atoms with Crippen LogP contribution in [0.4, 0.5) is 0 Å². The SMILES string of the molecule is COC(=O)C(C)(C)N1OCCO1. The fourth-order valence-corrected chi connectivity index (χ4v) is 0.925. The van der Waals surface area contributed by atoms with Gasteiger partial charge in [0, 0.05) is 0 Å². The second-order valence-corrected chi connectivity index (χ2v) is 2.97. The van der Waals surface area contributed by atoms with E-state index < -0.39 is 5.54 Å². The van der Waals surface area contributed by atoms with E-state index in [2.05, 4.69) is 4.74 Å². The van der Waals surface area contributed by atoms with Crippen molar-refractivity contribution in [3.05, 3.63) is 0 Å². The van der Waals surface area contributed by atoms with Crippen molar-refractivity contribution in [3.63, 3.8) is 0 Å². The first kappa shape index (κ1) is 9.44. The number of hydrogen-bond acceptors (Lipinski definition) is 5. The Bertz CT molecular complexity index is 174. The molecule has 1 aliphatic rings. The molecular formula is C7H13NO4. The minimum atomic E-state index is -0.884. The molecule has 1 aliphatic heterocycles. The molecule has 0 atom stereocenters. The van der Waals surface area contributed by atoms with Crippen molar-refractivity contribution in [2.75, 3.05) is 20.3 Å². The maximum absolute atomic E-state index is 11.2. The van der Waals surface area contributed by atoms with Crippen LogP contribution in [0.15, 0.2) is 0 Å². The maximum atomic E-state index is 11.2. The summed E-state index contributed by atoms with van der Waals surface area (Å²) in [6.45, 7) is 4.29. The van der Waals surface area contributed by atoms with Gasteiger partial charge < -0.3 is 4.74 Å². The Balaban J connectivity index is 2.62. The van der Waals surface area contributed by atoms with E-state index in [-0.39, 0.29) is 5.97 Å². The van der Waals surface area contributed by atoms with Crippen LogP contribution in [0, 0.1) is 0 Å². The van der Waals surface area contributed by atoms with Gasteiger partial charge in [0.05, 0.1) is 20.3 Å². The first-order valence-corrected chi connectivity index (χ1v) is 3.73. The lowest BCUT2D eigenvalue weighted by Crippen LogP contribution is -2.47. The third kappa shape index (κ3) is 1.57. The van der Waals surface area contributed by atoms with Crippen molar-refractivity contribution in [2.24, 2.45) is 0 Å². The van der Waals surface area contributed by atoms with Gasteiger partial charge in [-0.25, -0.2) is 4.79 Å². The summed E-state index contributed by atoms with van der Waals surface area (Å²) in [6.07, 6.45) is 0. The molecule has 0 aromatic rings. The van der Waals surface area contributed by atoms with Crippen LogP contribution in [0.1, 0.15) is 13.8 Å². The standard InChI is InChI=1S/C7H13NO4/c1-7(2,6(9)10-3)8-11-4-5-12-8/h4-5H2,1-3H3. The molecule has 1 saturated heterocycles. The van der Waals surface area contributed by atoms with E-state index in [1.54, 1.807) is 13.8 Å². The monoisotopic (exact) mass is 175 g/mol. The van der Waals surface area contributed by atoms with Crippen LogP contribution in [0.3, 0.4) is 0 Å². The highest BCUT2D eigenvalue weighted by Gasteiger charge is 2.40. The van der Waals surface area contributed by atoms with Crippen LogP contribution < -0.4 is 0 Å². The summed E-state index contributed by atoms with van der Waals surface area (Å²) in [6, 6.07) is 0. The lowest BCUT2D eigenvalue weighted by molar-refractivity contribution is -0.341. The summed E-state index contributed by atoms with van der Waals surface area (Å²) in [5, 5.41) is 1.18. The van der Waals surface area contributed by atoms with Gasteiger partial charge in [-0.1, -0.05) is 0 Å². The van der Waals surface area contributed by atoms with Crippen molar-refractivity contribution in [3.8, 4) is 0 Å². The lowest BCUT2D eigenvalue weighted by atomic mass is 10.1. The molecule has 0 N–H and O–H groups in total. The Morgan fingerprint density at radius 3 is 2.33 bits per heavy atom. The molecule has 0 unspecified atom stereocenters. The van der Waals surface area contributed by atoms with Gasteiger partial charge in [0.25, 0.3) is 0 Å². The number of hydrogen-bond donors (Lipinski definition) is 0. The van der Waals surface area contributed by atoms with E-state index in [1.807, 2.05) is 0 Å². The number of esters is 1. The largest absolute Gasteiger partial charge is 0.468 e. The summed E-state index contributed by atoms with van der Waals surface area (Å²) >= 11 is 0. The fraction of sp³-hybridized carbons (Fsp3) is 0.857. The minimum absolute atomic E-state index is 0.385. The van der Waals surface area contributed by atoms with Gasteiger partial charge in [-0.2, -0.15) is 0 Å². The zero-order valence-electron chi connectivity index (χ0n) is 7.49. The summed E-state index contributed by atoms with van der Waals surface area (Å²) in [7, 11) is 1.33. The predicted molar refractivity (Wildman–Crippen MR) is 39.8 cm³/mol. The van der Waals surface area contributed by atoms with Crippen LogP contribution in [-0.4, -0.2) is 37.1 Å². The minimum Gasteiger partial charge on any atom is -0.468 e. The van der Waals surface area contributed by atoms with Gasteiger partial charge >= 0.3 is 5.97 Å². The molecule has 0 saturated carbocycles. The first-order valence-electron chi connectivity index (χ1n) is 3.73. The van der Waals surface area contributed by atoms with Crippen LogP contribution >= 0.6 is 0 Å². The van der Waals surface area contributed by atoms with Crippen molar-refractivity contribution < 1.29 is 19.2 Å². The van der Waals surface area contributed by atoms with Gasteiger partial charge in [-0.3, -0.25) is 9.68 Å². The van der Waals surface area contributed by atoms with Gasteiger partial charge in [-0.05, 0) is 19.1 Å². The van der Waals surface area contributed by atoms with Gasteiger partial charge in [-0.15, -0.1) is 0 Å². The number of ether oxygens (including phenoxy) is 1. The van der Waals surface area contributed by atoms with Gasteiger partial charge in [0.2, 0.25) is 0 Å². The predicted octanol–water partition coefficient (Wildman–Crippen LogP) is 0.117. The third-order valence-corrected chi connectivity index (χ3v) is 1.64. The Labute approximate surface area is 71.1 Å². The highest BCUT2D eigenvalue weighted by atomic mass is 17.0. The molecule has 12 heavy (non-hydrogen) atoms. The van der Waals surface area contributed by atoms with E-state index in [4.69, 9.17) is 9.68 Å². The topological polar surface area (TPSA) is 48.0 Å². The number of methoxy groups -OCH3 is 1. The maximum Gasteiger partial charge on any atom is 0.330 e. The molecule has 0 spiro atoms. The summed E-state index contributed by atoms with van der Waals surface area (Å²) < 4.78 is 4.59. The van der Waals surface area contributed by atoms with Gasteiger partial charge in [0.15, 0.2) is 5.54 Å². The zero-order chi connectivity index (χ0) is 9.19. The Kier molecular flexibility index (Phi) is 2.66. The lowest BCUT2D eigenvalue weighted by Gasteiger charge is -2.28. The fourth-order valence-electron chi connectivity index (χ4n) is 0.925. The first-order chi connectivity index (χ1) is 5.59. The van der Waals surface area contributed by atoms with Crippen LogP contribution in [0.2, 0.25) is 0 Å². The molecule has 5 nitrogen and oxygen atoms in total.